The van der Waals surface area contributed by atoms with E-state index in [-0.39, 0.29) is 36.5 Å². The van der Waals surface area contributed by atoms with Crippen LogP contribution in [0.4, 0.5) is 10.8 Å². The number of para-hydroxylation sites is 1. The van der Waals surface area contributed by atoms with Crippen molar-refractivity contribution in [3.63, 3.8) is 0 Å². The summed E-state index contributed by atoms with van der Waals surface area (Å²) in [5.41, 5.74) is 7.18. The van der Waals surface area contributed by atoms with Crippen LogP contribution in [-0.2, 0) is 20.7 Å². The van der Waals surface area contributed by atoms with Crippen LogP contribution in [0.2, 0.25) is 0 Å². The SMILES string of the molecule is CC(=O)N[C@H]1C[C@@H](c2ccccc2NC(=O)Cc2nnc(N)s2)O[C@@H](C(C)C)C1. The van der Waals surface area contributed by atoms with Crippen LogP contribution in [0.25, 0.3) is 0 Å². The van der Waals surface area contributed by atoms with Crippen molar-refractivity contribution in [2.24, 2.45) is 5.92 Å². The standard InChI is InChI=1S/C20H27N5O3S/c1-11(2)16-8-13(22-12(3)26)9-17(28-16)14-6-4-5-7-15(14)23-18(27)10-19-24-25-20(21)29-19/h4-7,11,13,16-17H,8-10H2,1-3H3,(H2,21,25)(H,22,26)(H,23,27)/t13-,16-,17+/m1/s1. The normalized spacial score (nSPS) is 21.7. The number of nitrogens with one attached hydrogen (secondary N) is 2. The number of nitrogens with two attached hydrogens (primary N) is 1. The molecule has 1 aliphatic rings. The van der Waals surface area contributed by atoms with Crippen molar-refractivity contribution in [1.82, 2.24) is 15.5 Å². The second-order valence-corrected chi connectivity index (χ2v) is 8.72. The van der Waals surface area contributed by atoms with Gasteiger partial charge in [-0.2, -0.15) is 0 Å². The van der Waals surface area contributed by atoms with Gasteiger partial charge in [0.2, 0.25) is 16.9 Å². The van der Waals surface area contributed by atoms with E-state index in [1.54, 1.807) is 0 Å². The summed E-state index contributed by atoms with van der Waals surface area (Å²) in [6.45, 7) is 5.75. The van der Waals surface area contributed by atoms with Crippen molar-refractivity contribution in [2.75, 3.05) is 11.1 Å². The highest BCUT2D eigenvalue weighted by molar-refractivity contribution is 7.15. The van der Waals surface area contributed by atoms with E-state index in [4.69, 9.17) is 10.5 Å². The number of ether oxygens (including phenoxy) is 1. The molecule has 3 rings (SSSR count). The molecule has 2 amide bonds. The zero-order chi connectivity index (χ0) is 21.0. The molecule has 1 aromatic heterocycles. The molecule has 8 nitrogen and oxygen atoms in total. The maximum atomic E-state index is 12.5. The van der Waals surface area contributed by atoms with E-state index < -0.39 is 0 Å². The summed E-state index contributed by atoms with van der Waals surface area (Å²) in [5.74, 6) is 0.0815. The van der Waals surface area contributed by atoms with Gasteiger partial charge in [-0.15, -0.1) is 10.2 Å². The third-order valence-electron chi connectivity index (χ3n) is 4.88. The third kappa shape index (κ3) is 5.74. The molecule has 156 valence electrons. The van der Waals surface area contributed by atoms with Crippen LogP contribution in [0.3, 0.4) is 0 Å². The van der Waals surface area contributed by atoms with Gasteiger partial charge < -0.3 is 21.1 Å². The lowest BCUT2D eigenvalue weighted by Crippen LogP contribution is -2.43. The molecule has 0 aliphatic carbocycles. The molecular formula is C20H27N5O3S. The number of carbonyl (C=O) groups excluding carboxylic acids is 2. The smallest absolute Gasteiger partial charge is 0.231 e. The molecule has 1 aliphatic heterocycles. The van der Waals surface area contributed by atoms with Crippen molar-refractivity contribution in [2.45, 2.75) is 58.3 Å². The first-order valence-electron chi connectivity index (χ1n) is 9.71. The second kappa shape index (κ2) is 9.32. The van der Waals surface area contributed by atoms with Crippen LogP contribution in [0.15, 0.2) is 24.3 Å². The molecule has 1 aromatic carbocycles. The van der Waals surface area contributed by atoms with Crippen LogP contribution in [0.1, 0.15) is 50.3 Å². The van der Waals surface area contributed by atoms with Gasteiger partial charge in [0.15, 0.2) is 0 Å². The number of hydrogen-bond acceptors (Lipinski definition) is 7. The van der Waals surface area contributed by atoms with Crippen molar-refractivity contribution >= 4 is 34.0 Å². The summed E-state index contributed by atoms with van der Waals surface area (Å²) in [5, 5.41) is 14.5. The monoisotopic (exact) mass is 417 g/mol. The summed E-state index contributed by atoms with van der Waals surface area (Å²) in [6.07, 6.45) is 1.35. The minimum Gasteiger partial charge on any atom is -0.374 e. The molecule has 2 heterocycles. The number of benzene rings is 1. The second-order valence-electron chi connectivity index (χ2n) is 7.62. The van der Waals surface area contributed by atoms with Crippen molar-refractivity contribution < 1.29 is 14.3 Å². The molecule has 29 heavy (non-hydrogen) atoms. The van der Waals surface area contributed by atoms with E-state index in [1.165, 1.54) is 18.3 Å². The van der Waals surface area contributed by atoms with Crippen molar-refractivity contribution in [3.8, 4) is 0 Å². The quantitative estimate of drug-likeness (QED) is 0.665. The Hall–Kier alpha value is -2.52. The Bertz CT molecular complexity index is 869. The topological polar surface area (TPSA) is 119 Å². The van der Waals surface area contributed by atoms with Crippen LogP contribution >= 0.6 is 11.3 Å². The minimum atomic E-state index is -0.221. The Kier molecular flexibility index (Phi) is 6.81. The predicted octanol–water partition coefficient (Wildman–Crippen LogP) is 2.68. The van der Waals surface area contributed by atoms with Gasteiger partial charge in [0.05, 0.1) is 18.6 Å². The first-order valence-corrected chi connectivity index (χ1v) is 10.5. The molecule has 0 bridgehead atoms. The van der Waals surface area contributed by atoms with Crippen LogP contribution < -0.4 is 16.4 Å². The van der Waals surface area contributed by atoms with Crippen LogP contribution in [0, 0.1) is 5.92 Å². The summed E-state index contributed by atoms with van der Waals surface area (Å²) >= 11 is 1.20. The van der Waals surface area contributed by atoms with Gasteiger partial charge in [-0.3, -0.25) is 9.59 Å². The lowest BCUT2D eigenvalue weighted by molar-refractivity contribution is -0.123. The first-order chi connectivity index (χ1) is 13.8. The summed E-state index contributed by atoms with van der Waals surface area (Å²) in [6, 6.07) is 7.64. The van der Waals surface area contributed by atoms with Gasteiger partial charge in [0.25, 0.3) is 0 Å². The number of anilines is 2. The van der Waals surface area contributed by atoms with Crippen molar-refractivity contribution in [1.29, 1.82) is 0 Å². The average molecular weight is 418 g/mol. The van der Waals surface area contributed by atoms with Crippen LogP contribution in [0.5, 0.6) is 0 Å². The highest BCUT2D eigenvalue weighted by Gasteiger charge is 2.33. The number of nitrogen functional groups attached to an aromatic ring is 1. The largest absolute Gasteiger partial charge is 0.374 e. The molecule has 0 unspecified atom stereocenters. The van der Waals surface area contributed by atoms with Crippen molar-refractivity contribution in [3.05, 3.63) is 34.8 Å². The highest BCUT2D eigenvalue weighted by atomic mass is 32.1. The number of nitrogens with zero attached hydrogens (tertiary/aromatic N) is 2. The molecule has 0 saturated carbocycles. The maximum Gasteiger partial charge on any atom is 0.231 e. The Labute approximate surface area is 174 Å². The summed E-state index contributed by atoms with van der Waals surface area (Å²) in [7, 11) is 0. The third-order valence-corrected chi connectivity index (χ3v) is 5.63. The average Bonchev–Trinajstić information content (AvgIpc) is 3.05. The molecule has 1 saturated heterocycles. The van der Waals surface area contributed by atoms with Crippen LogP contribution in [-0.4, -0.2) is 34.2 Å². The Morgan fingerprint density at radius 3 is 2.69 bits per heavy atom. The summed E-state index contributed by atoms with van der Waals surface area (Å²) < 4.78 is 6.35. The molecule has 0 spiro atoms. The predicted molar refractivity (Wildman–Crippen MR) is 112 cm³/mol. The zero-order valence-corrected chi connectivity index (χ0v) is 17.7. The number of amides is 2. The van der Waals surface area contributed by atoms with E-state index in [1.807, 2.05) is 24.3 Å². The van der Waals surface area contributed by atoms with E-state index in [0.29, 0.717) is 28.2 Å². The number of carbonyl (C=O) groups is 2. The van der Waals surface area contributed by atoms with E-state index in [2.05, 4.69) is 34.7 Å². The fourth-order valence-corrected chi connectivity index (χ4v) is 4.16. The van der Waals surface area contributed by atoms with E-state index in [9.17, 15) is 9.59 Å². The molecule has 1 fully saturated rings. The minimum absolute atomic E-state index is 0.0266. The van der Waals surface area contributed by atoms with E-state index >= 15 is 0 Å². The Balaban J connectivity index is 1.77. The first kappa shape index (κ1) is 21.2. The fraction of sp³-hybridized carbons (Fsp3) is 0.500. The lowest BCUT2D eigenvalue weighted by atomic mass is 9.89. The number of rotatable bonds is 6. The van der Waals surface area contributed by atoms with Gasteiger partial charge in [0, 0.05) is 24.2 Å². The fourth-order valence-electron chi connectivity index (χ4n) is 3.55. The molecular weight excluding hydrogens is 390 g/mol. The zero-order valence-electron chi connectivity index (χ0n) is 16.8. The van der Waals surface area contributed by atoms with Gasteiger partial charge in [-0.05, 0) is 24.8 Å². The number of hydrogen-bond donors (Lipinski definition) is 3. The Morgan fingerprint density at radius 1 is 1.28 bits per heavy atom. The molecule has 0 radical (unpaired) electrons. The van der Waals surface area contributed by atoms with Gasteiger partial charge in [-0.1, -0.05) is 43.4 Å². The van der Waals surface area contributed by atoms with Gasteiger partial charge in [0.1, 0.15) is 5.01 Å². The molecule has 4 N–H and O–H groups in total. The molecule has 2 aromatic rings. The lowest BCUT2D eigenvalue weighted by Gasteiger charge is -2.38. The van der Waals surface area contributed by atoms with E-state index in [0.717, 1.165) is 12.0 Å². The molecule has 3 atom stereocenters. The number of aromatic nitrogens is 2. The highest BCUT2D eigenvalue weighted by Crippen LogP contribution is 2.37. The summed E-state index contributed by atoms with van der Waals surface area (Å²) in [4.78, 5) is 24.1. The van der Waals surface area contributed by atoms with Gasteiger partial charge >= 0.3 is 0 Å². The van der Waals surface area contributed by atoms with Gasteiger partial charge in [-0.25, -0.2) is 0 Å². The molecule has 9 heteroatoms. The maximum absolute atomic E-state index is 12.5. The Morgan fingerprint density at radius 2 is 2.03 bits per heavy atom.